The number of rotatable bonds is 3. The molecule has 0 bridgehead atoms. The number of hydrogen-bond donors (Lipinski definition) is 2. The predicted octanol–water partition coefficient (Wildman–Crippen LogP) is 1.96. The van der Waals surface area contributed by atoms with E-state index in [1.54, 1.807) is 12.3 Å². The summed E-state index contributed by atoms with van der Waals surface area (Å²) in [5.41, 5.74) is 1.31. The van der Waals surface area contributed by atoms with Gasteiger partial charge in [-0.15, -0.1) is 0 Å². The Labute approximate surface area is 137 Å². The SMILES string of the molecule is Fc1ccc2c(Nc3nccc(C4CNCCO4)n3)ncnc2c1. The molecule has 0 amide bonds. The van der Waals surface area contributed by atoms with Gasteiger partial charge in [-0.05, 0) is 18.2 Å². The Kier molecular flexibility index (Phi) is 3.97. The average Bonchev–Trinajstić information content (AvgIpc) is 2.63. The average molecular weight is 326 g/mol. The van der Waals surface area contributed by atoms with Crippen LogP contribution < -0.4 is 10.6 Å². The van der Waals surface area contributed by atoms with E-state index in [2.05, 4.69) is 30.6 Å². The van der Waals surface area contributed by atoms with Gasteiger partial charge in [0.05, 0.1) is 17.8 Å². The number of morpholine rings is 1. The molecule has 1 fully saturated rings. The summed E-state index contributed by atoms with van der Waals surface area (Å²) in [5, 5.41) is 7.04. The smallest absolute Gasteiger partial charge is 0.228 e. The zero-order valence-electron chi connectivity index (χ0n) is 12.7. The highest BCUT2D eigenvalue weighted by atomic mass is 19.1. The van der Waals surface area contributed by atoms with Crippen molar-refractivity contribution in [3.63, 3.8) is 0 Å². The molecule has 8 heteroatoms. The Morgan fingerprint density at radius 1 is 1.21 bits per heavy atom. The number of nitrogens with one attached hydrogen (secondary N) is 2. The summed E-state index contributed by atoms with van der Waals surface area (Å²) >= 11 is 0. The number of ether oxygens (including phenoxy) is 1. The quantitative estimate of drug-likeness (QED) is 0.761. The second-order valence-corrected chi connectivity index (χ2v) is 5.38. The molecule has 0 radical (unpaired) electrons. The second-order valence-electron chi connectivity index (χ2n) is 5.38. The highest BCUT2D eigenvalue weighted by Crippen LogP contribution is 2.23. The van der Waals surface area contributed by atoms with Crippen molar-refractivity contribution in [1.29, 1.82) is 0 Å². The molecule has 3 aromatic rings. The first-order valence-electron chi connectivity index (χ1n) is 7.62. The molecule has 1 atom stereocenters. The van der Waals surface area contributed by atoms with Crippen molar-refractivity contribution in [3.8, 4) is 0 Å². The van der Waals surface area contributed by atoms with Crippen LogP contribution in [0.25, 0.3) is 10.9 Å². The van der Waals surface area contributed by atoms with Crippen molar-refractivity contribution in [2.45, 2.75) is 6.10 Å². The fourth-order valence-electron chi connectivity index (χ4n) is 2.60. The molecule has 0 spiro atoms. The van der Waals surface area contributed by atoms with Gasteiger partial charge in [0.15, 0.2) is 0 Å². The summed E-state index contributed by atoms with van der Waals surface area (Å²) in [7, 11) is 0. The third-order valence-electron chi connectivity index (χ3n) is 3.76. The van der Waals surface area contributed by atoms with Crippen molar-refractivity contribution in [1.82, 2.24) is 25.3 Å². The van der Waals surface area contributed by atoms with Crippen LogP contribution in [0.3, 0.4) is 0 Å². The minimum absolute atomic E-state index is 0.0986. The first-order valence-corrected chi connectivity index (χ1v) is 7.62. The lowest BCUT2D eigenvalue weighted by Crippen LogP contribution is -2.33. The van der Waals surface area contributed by atoms with Gasteiger partial charge in [0.2, 0.25) is 5.95 Å². The molecule has 1 aliphatic heterocycles. The van der Waals surface area contributed by atoms with E-state index in [9.17, 15) is 4.39 Å². The summed E-state index contributed by atoms with van der Waals surface area (Å²) in [6.45, 7) is 2.21. The van der Waals surface area contributed by atoms with Crippen molar-refractivity contribution in [2.24, 2.45) is 0 Å². The summed E-state index contributed by atoms with van der Waals surface area (Å²) in [6.07, 6.45) is 2.95. The van der Waals surface area contributed by atoms with Gasteiger partial charge in [-0.2, -0.15) is 0 Å². The second kappa shape index (κ2) is 6.42. The number of aromatic nitrogens is 4. The molecule has 1 saturated heterocycles. The number of fused-ring (bicyclic) bond motifs is 1. The Balaban J connectivity index is 1.63. The van der Waals surface area contributed by atoms with E-state index >= 15 is 0 Å². The minimum Gasteiger partial charge on any atom is -0.369 e. The first kappa shape index (κ1) is 14.9. The summed E-state index contributed by atoms with van der Waals surface area (Å²) in [4.78, 5) is 17.0. The van der Waals surface area contributed by atoms with Gasteiger partial charge < -0.3 is 15.4 Å². The number of benzene rings is 1. The Morgan fingerprint density at radius 3 is 3.04 bits per heavy atom. The van der Waals surface area contributed by atoms with E-state index in [0.717, 1.165) is 12.2 Å². The van der Waals surface area contributed by atoms with Crippen LogP contribution in [0.4, 0.5) is 16.2 Å². The lowest BCUT2D eigenvalue weighted by molar-refractivity contribution is 0.0250. The molecule has 2 aromatic heterocycles. The Morgan fingerprint density at radius 2 is 2.17 bits per heavy atom. The zero-order valence-corrected chi connectivity index (χ0v) is 12.7. The van der Waals surface area contributed by atoms with Gasteiger partial charge in [-0.1, -0.05) is 0 Å². The fourth-order valence-corrected chi connectivity index (χ4v) is 2.60. The highest BCUT2D eigenvalue weighted by molar-refractivity contribution is 5.89. The maximum Gasteiger partial charge on any atom is 0.228 e. The maximum atomic E-state index is 13.3. The third kappa shape index (κ3) is 3.01. The molecule has 122 valence electrons. The van der Waals surface area contributed by atoms with Gasteiger partial charge >= 0.3 is 0 Å². The molecule has 2 N–H and O–H groups in total. The summed E-state index contributed by atoms with van der Waals surface area (Å²) < 4.78 is 19.0. The topological polar surface area (TPSA) is 84.9 Å². The molecule has 0 saturated carbocycles. The largest absolute Gasteiger partial charge is 0.369 e. The lowest BCUT2D eigenvalue weighted by atomic mass is 10.2. The Hall–Kier alpha value is -2.71. The maximum absolute atomic E-state index is 13.3. The number of hydrogen-bond acceptors (Lipinski definition) is 7. The van der Waals surface area contributed by atoms with Crippen molar-refractivity contribution in [2.75, 3.05) is 25.0 Å². The van der Waals surface area contributed by atoms with Crippen LogP contribution in [0.15, 0.2) is 36.8 Å². The molecule has 24 heavy (non-hydrogen) atoms. The number of nitrogens with zero attached hydrogens (tertiary/aromatic N) is 4. The van der Waals surface area contributed by atoms with Crippen LogP contribution in [0.2, 0.25) is 0 Å². The van der Waals surface area contributed by atoms with Crippen LogP contribution in [-0.2, 0) is 4.74 Å². The summed E-state index contributed by atoms with van der Waals surface area (Å²) in [6, 6.07) is 6.19. The predicted molar refractivity (Wildman–Crippen MR) is 86.4 cm³/mol. The fraction of sp³-hybridized carbons (Fsp3) is 0.250. The van der Waals surface area contributed by atoms with E-state index in [1.165, 1.54) is 18.5 Å². The van der Waals surface area contributed by atoms with Crippen LogP contribution >= 0.6 is 0 Å². The Bertz CT molecular complexity index is 868. The van der Waals surface area contributed by atoms with E-state index < -0.39 is 0 Å². The van der Waals surface area contributed by atoms with Gasteiger partial charge in [-0.3, -0.25) is 0 Å². The standard InChI is InChI=1S/C16H15FN6O/c17-10-1-2-11-13(7-10)20-9-21-15(11)23-16-19-4-3-12(22-16)14-8-18-5-6-24-14/h1-4,7,9,14,18H,5-6,8H2,(H,19,20,21,22,23). The number of halogens is 1. The van der Waals surface area contributed by atoms with Crippen LogP contribution in [0, 0.1) is 5.82 Å². The molecule has 1 aliphatic rings. The van der Waals surface area contributed by atoms with E-state index in [4.69, 9.17) is 4.74 Å². The van der Waals surface area contributed by atoms with Gasteiger partial charge in [-0.25, -0.2) is 24.3 Å². The minimum atomic E-state index is -0.340. The molecule has 1 aromatic carbocycles. The van der Waals surface area contributed by atoms with Crippen molar-refractivity contribution >= 4 is 22.7 Å². The molecule has 7 nitrogen and oxygen atoms in total. The zero-order chi connectivity index (χ0) is 16.4. The number of anilines is 2. The van der Waals surface area contributed by atoms with Gasteiger partial charge in [0.1, 0.15) is 24.1 Å². The van der Waals surface area contributed by atoms with Crippen LogP contribution in [0.5, 0.6) is 0 Å². The van der Waals surface area contributed by atoms with E-state index in [0.29, 0.717) is 35.8 Å². The normalized spacial score (nSPS) is 17.8. The molecule has 3 heterocycles. The van der Waals surface area contributed by atoms with Crippen molar-refractivity contribution < 1.29 is 9.13 Å². The molecule has 0 aliphatic carbocycles. The molecular formula is C16H15FN6O. The van der Waals surface area contributed by atoms with E-state index in [1.807, 2.05) is 6.07 Å². The monoisotopic (exact) mass is 326 g/mol. The third-order valence-corrected chi connectivity index (χ3v) is 3.76. The van der Waals surface area contributed by atoms with Gasteiger partial charge in [0, 0.05) is 30.7 Å². The molecular weight excluding hydrogens is 311 g/mol. The van der Waals surface area contributed by atoms with Gasteiger partial charge in [0.25, 0.3) is 0 Å². The van der Waals surface area contributed by atoms with Crippen LogP contribution in [0.1, 0.15) is 11.8 Å². The molecule has 1 unspecified atom stereocenters. The van der Waals surface area contributed by atoms with Crippen molar-refractivity contribution in [3.05, 3.63) is 48.3 Å². The van der Waals surface area contributed by atoms with E-state index in [-0.39, 0.29) is 11.9 Å². The van der Waals surface area contributed by atoms with Crippen LogP contribution in [-0.4, -0.2) is 39.6 Å². The highest BCUT2D eigenvalue weighted by Gasteiger charge is 2.17. The summed E-state index contributed by atoms with van der Waals surface area (Å²) in [5.74, 6) is 0.596. The lowest BCUT2D eigenvalue weighted by Gasteiger charge is -2.23. The first-order chi connectivity index (χ1) is 11.8. The molecule has 4 rings (SSSR count).